The van der Waals surface area contributed by atoms with Crippen molar-refractivity contribution in [3.8, 4) is 11.4 Å². The molecule has 0 unspecified atom stereocenters. The molecule has 0 aliphatic carbocycles. The summed E-state index contributed by atoms with van der Waals surface area (Å²) < 4.78 is 30.5. The van der Waals surface area contributed by atoms with E-state index in [0.717, 1.165) is 18.2 Å². The van der Waals surface area contributed by atoms with Crippen LogP contribution in [0, 0.1) is 11.6 Å². The molecule has 0 saturated heterocycles. The first-order valence-electron chi connectivity index (χ1n) is 4.97. The van der Waals surface area contributed by atoms with E-state index in [4.69, 9.17) is 0 Å². The average Bonchev–Trinajstić information content (AvgIpc) is 2.37. The Bertz CT molecular complexity index is 565. The fourth-order valence-corrected chi connectivity index (χ4v) is 1.38. The number of halogens is 2. The smallest absolute Gasteiger partial charge is 0.341 e. The van der Waals surface area contributed by atoms with Crippen molar-refractivity contribution in [2.45, 2.75) is 0 Å². The number of esters is 1. The summed E-state index contributed by atoms with van der Waals surface area (Å²) in [4.78, 5) is 18.9. The molecule has 0 spiro atoms. The van der Waals surface area contributed by atoms with E-state index in [1.165, 1.54) is 19.5 Å². The molecule has 0 fully saturated rings. The lowest BCUT2D eigenvalue weighted by molar-refractivity contribution is 0.0600. The van der Waals surface area contributed by atoms with Crippen molar-refractivity contribution in [1.82, 2.24) is 9.97 Å². The van der Waals surface area contributed by atoms with Gasteiger partial charge in [0, 0.05) is 24.0 Å². The second-order valence-corrected chi connectivity index (χ2v) is 3.45. The van der Waals surface area contributed by atoms with Crippen LogP contribution in [0.1, 0.15) is 10.4 Å². The zero-order chi connectivity index (χ0) is 13.1. The number of rotatable bonds is 2. The van der Waals surface area contributed by atoms with E-state index in [1.54, 1.807) is 0 Å². The van der Waals surface area contributed by atoms with Gasteiger partial charge in [-0.2, -0.15) is 0 Å². The Morgan fingerprint density at radius 2 is 1.67 bits per heavy atom. The number of ether oxygens (including phenoxy) is 1. The summed E-state index contributed by atoms with van der Waals surface area (Å²) in [5.41, 5.74) is 0.363. The normalized spacial score (nSPS) is 10.2. The molecule has 18 heavy (non-hydrogen) atoms. The molecular formula is C12H8F2N2O2. The molecule has 2 rings (SSSR count). The van der Waals surface area contributed by atoms with Crippen molar-refractivity contribution in [1.29, 1.82) is 0 Å². The van der Waals surface area contributed by atoms with Gasteiger partial charge in [-0.15, -0.1) is 0 Å². The Hall–Kier alpha value is -2.37. The summed E-state index contributed by atoms with van der Waals surface area (Å²) in [7, 11) is 1.23. The molecule has 0 atom stereocenters. The van der Waals surface area contributed by atoms with E-state index < -0.39 is 17.6 Å². The third-order valence-electron chi connectivity index (χ3n) is 2.19. The van der Waals surface area contributed by atoms with Crippen LogP contribution in [0.2, 0.25) is 0 Å². The molecule has 1 aromatic heterocycles. The predicted molar refractivity (Wildman–Crippen MR) is 58.7 cm³/mol. The number of hydrogen-bond acceptors (Lipinski definition) is 4. The van der Waals surface area contributed by atoms with Crippen LogP contribution in [0.5, 0.6) is 0 Å². The molecule has 0 N–H and O–H groups in total. The van der Waals surface area contributed by atoms with Crippen molar-refractivity contribution >= 4 is 5.97 Å². The fraction of sp³-hybridized carbons (Fsp3) is 0.0833. The van der Waals surface area contributed by atoms with Crippen LogP contribution in [0.15, 0.2) is 30.6 Å². The monoisotopic (exact) mass is 250 g/mol. The number of carbonyl (C=O) groups excluding carboxylic acids is 1. The second-order valence-electron chi connectivity index (χ2n) is 3.45. The second kappa shape index (κ2) is 4.87. The Morgan fingerprint density at radius 1 is 1.11 bits per heavy atom. The van der Waals surface area contributed by atoms with Gasteiger partial charge in [-0.05, 0) is 12.1 Å². The number of aromatic nitrogens is 2. The lowest BCUT2D eigenvalue weighted by atomic mass is 10.2. The van der Waals surface area contributed by atoms with Gasteiger partial charge in [-0.25, -0.2) is 23.5 Å². The first kappa shape index (κ1) is 12.1. The number of methoxy groups -OCH3 is 1. The van der Waals surface area contributed by atoms with Gasteiger partial charge in [0.05, 0.1) is 12.7 Å². The van der Waals surface area contributed by atoms with Gasteiger partial charge in [-0.1, -0.05) is 0 Å². The molecule has 0 saturated carbocycles. The highest BCUT2D eigenvalue weighted by Gasteiger charge is 2.09. The zero-order valence-electron chi connectivity index (χ0n) is 9.35. The topological polar surface area (TPSA) is 52.1 Å². The lowest BCUT2D eigenvalue weighted by Crippen LogP contribution is -2.03. The largest absolute Gasteiger partial charge is 0.465 e. The van der Waals surface area contributed by atoms with E-state index in [2.05, 4.69) is 14.7 Å². The van der Waals surface area contributed by atoms with Crippen LogP contribution < -0.4 is 0 Å². The van der Waals surface area contributed by atoms with Crippen LogP contribution in [-0.4, -0.2) is 23.0 Å². The summed E-state index contributed by atoms with van der Waals surface area (Å²) >= 11 is 0. The zero-order valence-corrected chi connectivity index (χ0v) is 9.35. The van der Waals surface area contributed by atoms with E-state index in [9.17, 15) is 13.6 Å². The predicted octanol–water partition coefficient (Wildman–Crippen LogP) is 2.21. The van der Waals surface area contributed by atoms with E-state index >= 15 is 0 Å². The molecule has 1 aromatic carbocycles. The Balaban J connectivity index is 2.37. The van der Waals surface area contributed by atoms with Gasteiger partial charge in [0.2, 0.25) is 0 Å². The van der Waals surface area contributed by atoms with Crippen LogP contribution in [0.25, 0.3) is 11.4 Å². The highest BCUT2D eigenvalue weighted by molar-refractivity contribution is 5.88. The van der Waals surface area contributed by atoms with Crippen molar-refractivity contribution in [3.63, 3.8) is 0 Å². The summed E-state index contributed by atoms with van der Waals surface area (Å²) in [6.45, 7) is 0. The summed E-state index contributed by atoms with van der Waals surface area (Å²) in [5.74, 6) is -1.88. The SMILES string of the molecule is COC(=O)c1cnc(-c2cc(F)cc(F)c2)nc1. The maximum atomic E-state index is 13.0. The highest BCUT2D eigenvalue weighted by Crippen LogP contribution is 2.17. The number of hydrogen-bond donors (Lipinski definition) is 0. The van der Waals surface area contributed by atoms with Crippen molar-refractivity contribution in [3.05, 3.63) is 47.8 Å². The average molecular weight is 250 g/mol. The number of benzene rings is 1. The minimum Gasteiger partial charge on any atom is -0.465 e. The molecule has 0 aliphatic rings. The third-order valence-corrected chi connectivity index (χ3v) is 2.19. The molecule has 6 heteroatoms. The Morgan fingerprint density at radius 3 is 2.17 bits per heavy atom. The Kier molecular flexibility index (Phi) is 3.27. The number of nitrogens with zero attached hydrogens (tertiary/aromatic N) is 2. The minimum absolute atomic E-state index is 0.126. The van der Waals surface area contributed by atoms with Crippen LogP contribution in [0.3, 0.4) is 0 Å². The third kappa shape index (κ3) is 2.48. The first-order valence-corrected chi connectivity index (χ1v) is 4.97. The maximum Gasteiger partial charge on any atom is 0.341 e. The van der Waals surface area contributed by atoms with Gasteiger partial charge in [-0.3, -0.25) is 0 Å². The summed E-state index contributed by atoms with van der Waals surface area (Å²) in [6.07, 6.45) is 2.47. The molecule has 4 nitrogen and oxygen atoms in total. The van der Waals surface area contributed by atoms with Gasteiger partial charge < -0.3 is 4.74 Å². The summed E-state index contributed by atoms with van der Waals surface area (Å²) in [6, 6.07) is 2.97. The minimum atomic E-state index is -0.717. The van der Waals surface area contributed by atoms with E-state index in [-0.39, 0.29) is 17.0 Å². The van der Waals surface area contributed by atoms with E-state index in [1.807, 2.05) is 0 Å². The van der Waals surface area contributed by atoms with Gasteiger partial charge in [0.1, 0.15) is 11.6 Å². The van der Waals surface area contributed by atoms with Crippen molar-refractivity contribution in [2.75, 3.05) is 7.11 Å². The molecule has 0 radical (unpaired) electrons. The molecule has 0 aliphatic heterocycles. The fourth-order valence-electron chi connectivity index (χ4n) is 1.38. The van der Waals surface area contributed by atoms with Gasteiger partial charge >= 0.3 is 5.97 Å². The highest BCUT2D eigenvalue weighted by atomic mass is 19.1. The molecule has 1 heterocycles. The lowest BCUT2D eigenvalue weighted by Gasteiger charge is -2.02. The van der Waals surface area contributed by atoms with Crippen LogP contribution in [-0.2, 0) is 4.74 Å². The Labute approximate surface area is 101 Å². The van der Waals surface area contributed by atoms with Crippen LogP contribution >= 0.6 is 0 Å². The maximum absolute atomic E-state index is 13.0. The molecule has 92 valence electrons. The quantitative estimate of drug-likeness (QED) is 0.767. The van der Waals surface area contributed by atoms with Crippen LogP contribution in [0.4, 0.5) is 8.78 Å². The number of carbonyl (C=O) groups is 1. The molecular weight excluding hydrogens is 242 g/mol. The molecule has 0 amide bonds. The standard InChI is InChI=1S/C12H8F2N2O2/c1-18-12(17)8-5-15-11(16-6-8)7-2-9(13)4-10(14)3-7/h2-6H,1H3. The van der Waals surface area contributed by atoms with Crippen molar-refractivity contribution in [2.24, 2.45) is 0 Å². The molecule has 2 aromatic rings. The first-order chi connectivity index (χ1) is 8.60. The van der Waals surface area contributed by atoms with E-state index in [0.29, 0.717) is 0 Å². The molecule has 0 bridgehead atoms. The summed E-state index contributed by atoms with van der Waals surface area (Å²) in [5, 5.41) is 0. The van der Waals surface area contributed by atoms with Gasteiger partial charge in [0.15, 0.2) is 5.82 Å². The van der Waals surface area contributed by atoms with Gasteiger partial charge in [0.25, 0.3) is 0 Å². The van der Waals surface area contributed by atoms with Crippen molar-refractivity contribution < 1.29 is 18.3 Å².